The lowest BCUT2D eigenvalue weighted by atomic mass is 9.92. The molecule has 0 radical (unpaired) electrons. The fourth-order valence-corrected chi connectivity index (χ4v) is 1.51. The van der Waals surface area contributed by atoms with E-state index < -0.39 is 5.41 Å². The third kappa shape index (κ3) is 3.80. The minimum absolute atomic E-state index is 0.262. The lowest BCUT2D eigenvalue weighted by Gasteiger charge is -2.25. The lowest BCUT2D eigenvalue weighted by molar-refractivity contribution is -0.125. The summed E-state index contributed by atoms with van der Waals surface area (Å²) in [4.78, 5) is 11.1. The zero-order valence-electron chi connectivity index (χ0n) is 9.88. The third-order valence-corrected chi connectivity index (χ3v) is 3.01. The highest BCUT2D eigenvalue weighted by molar-refractivity contribution is 5.80. The maximum Gasteiger partial charge on any atom is 0.224 e. The molecule has 3 N–H and O–H groups in total. The number of amides is 1. The highest BCUT2D eigenvalue weighted by Gasteiger charge is 2.33. The monoisotopic (exact) mass is 214 g/mol. The van der Waals surface area contributed by atoms with E-state index in [0.717, 1.165) is 0 Å². The molecule has 0 aromatic rings. The van der Waals surface area contributed by atoms with Gasteiger partial charge in [0.2, 0.25) is 5.91 Å². The van der Waals surface area contributed by atoms with E-state index in [4.69, 9.17) is 10.5 Å². The average Bonchev–Trinajstić information content (AvgIpc) is 2.95. The van der Waals surface area contributed by atoms with Gasteiger partial charge >= 0.3 is 0 Å². The molecule has 0 aromatic heterocycles. The highest BCUT2D eigenvalue weighted by atomic mass is 16.5. The fraction of sp³-hybridized carbons (Fsp3) is 0.909. The summed E-state index contributed by atoms with van der Waals surface area (Å²) in [7, 11) is 1.70. The lowest BCUT2D eigenvalue weighted by Crippen LogP contribution is -2.46. The number of nitrogens with one attached hydrogen (secondary N) is 1. The second-order valence-corrected chi connectivity index (χ2v) is 5.03. The van der Waals surface area contributed by atoms with Crippen LogP contribution in [0.1, 0.15) is 26.7 Å². The van der Waals surface area contributed by atoms with Gasteiger partial charge in [-0.05, 0) is 32.6 Å². The Labute approximate surface area is 91.5 Å². The molecule has 4 heteroatoms. The Morgan fingerprint density at radius 2 is 2.20 bits per heavy atom. The molecule has 15 heavy (non-hydrogen) atoms. The molecule has 1 unspecified atom stereocenters. The zero-order chi connectivity index (χ0) is 11.5. The quantitative estimate of drug-likeness (QED) is 0.649. The van der Waals surface area contributed by atoms with Gasteiger partial charge in [-0.15, -0.1) is 0 Å². The van der Waals surface area contributed by atoms with Crippen LogP contribution in [0, 0.1) is 11.3 Å². The molecule has 1 saturated carbocycles. The fourth-order valence-electron chi connectivity index (χ4n) is 1.51. The molecular weight excluding hydrogens is 192 g/mol. The number of carbonyl (C=O) groups is 1. The highest BCUT2D eigenvalue weighted by Crippen LogP contribution is 2.33. The predicted molar refractivity (Wildman–Crippen MR) is 59.4 cm³/mol. The van der Waals surface area contributed by atoms with E-state index in [2.05, 4.69) is 5.32 Å². The van der Waals surface area contributed by atoms with Crippen molar-refractivity contribution in [3.63, 3.8) is 0 Å². The Balaban J connectivity index is 2.35. The molecule has 88 valence electrons. The van der Waals surface area contributed by atoms with Crippen LogP contribution in [0.2, 0.25) is 0 Å². The van der Waals surface area contributed by atoms with Crippen LogP contribution in [-0.2, 0) is 9.53 Å². The van der Waals surface area contributed by atoms with Crippen LogP contribution in [0.4, 0.5) is 0 Å². The Bertz CT molecular complexity index is 225. The molecule has 0 bridgehead atoms. The van der Waals surface area contributed by atoms with Gasteiger partial charge in [-0.1, -0.05) is 0 Å². The van der Waals surface area contributed by atoms with Gasteiger partial charge in [0.05, 0.1) is 12.0 Å². The molecule has 1 aliphatic rings. The summed E-state index contributed by atoms with van der Waals surface area (Å²) in [5, 5.41) is 3.38. The molecule has 0 aliphatic heterocycles. The van der Waals surface area contributed by atoms with Crippen molar-refractivity contribution in [3.8, 4) is 0 Å². The van der Waals surface area contributed by atoms with E-state index >= 15 is 0 Å². The summed E-state index contributed by atoms with van der Waals surface area (Å²) in [6.45, 7) is 5.05. The van der Waals surface area contributed by atoms with Gasteiger partial charge in [-0.2, -0.15) is 0 Å². The van der Waals surface area contributed by atoms with Crippen molar-refractivity contribution in [2.75, 3.05) is 20.3 Å². The number of hydrogen-bond acceptors (Lipinski definition) is 3. The van der Waals surface area contributed by atoms with E-state index in [0.29, 0.717) is 25.1 Å². The number of methoxy groups -OCH3 is 1. The second kappa shape index (κ2) is 4.94. The van der Waals surface area contributed by atoms with Crippen molar-refractivity contribution in [1.82, 2.24) is 5.32 Å². The maximum absolute atomic E-state index is 11.1. The minimum atomic E-state index is -0.485. The summed E-state index contributed by atoms with van der Waals surface area (Å²) >= 11 is 0. The smallest absolute Gasteiger partial charge is 0.224 e. The van der Waals surface area contributed by atoms with Crippen molar-refractivity contribution in [2.45, 2.75) is 32.7 Å². The van der Waals surface area contributed by atoms with Crippen molar-refractivity contribution in [3.05, 3.63) is 0 Å². The van der Waals surface area contributed by atoms with Crippen molar-refractivity contribution >= 4 is 5.91 Å². The molecule has 4 nitrogen and oxygen atoms in total. The summed E-state index contributed by atoms with van der Waals surface area (Å²) in [6.07, 6.45) is 2.52. The SMILES string of the molecule is COCC(NCC(C)(C)C(N)=O)C1CC1. The standard InChI is InChI=1S/C11H22N2O2/c1-11(2,10(12)14)7-13-9(6-15-3)8-4-5-8/h8-9,13H,4-7H2,1-3H3,(H2,12,14). The summed E-state index contributed by atoms with van der Waals surface area (Å²) in [5.74, 6) is 0.454. The number of rotatable bonds is 7. The summed E-state index contributed by atoms with van der Waals surface area (Å²) in [5.41, 5.74) is 4.83. The van der Waals surface area contributed by atoms with Crippen molar-refractivity contribution < 1.29 is 9.53 Å². The largest absolute Gasteiger partial charge is 0.383 e. The average molecular weight is 214 g/mol. The number of ether oxygens (including phenoxy) is 1. The Morgan fingerprint density at radius 3 is 2.60 bits per heavy atom. The molecule has 1 aliphatic carbocycles. The molecule has 1 atom stereocenters. The topological polar surface area (TPSA) is 64.3 Å². The first-order chi connectivity index (χ1) is 6.97. The van der Waals surface area contributed by atoms with Crippen molar-refractivity contribution in [2.24, 2.45) is 17.1 Å². The first-order valence-corrected chi connectivity index (χ1v) is 5.49. The summed E-state index contributed by atoms with van der Waals surface area (Å²) < 4.78 is 5.15. The van der Waals surface area contributed by atoms with Crippen LogP contribution in [0.5, 0.6) is 0 Å². The molecule has 0 saturated heterocycles. The normalized spacial score (nSPS) is 18.9. The van der Waals surface area contributed by atoms with Crippen molar-refractivity contribution in [1.29, 1.82) is 0 Å². The minimum Gasteiger partial charge on any atom is -0.383 e. The Hall–Kier alpha value is -0.610. The first kappa shape index (κ1) is 12.5. The Morgan fingerprint density at radius 1 is 1.60 bits per heavy atom. The molecule has 1 fully saturated rings. The van der Waals surface area contributed by atoms with Gasteiger partial charge < -0.3 is 15.8 Å². The third-order valence-electron chi connectivity index (χ3n) is 3.01. The van der Waals surface area contributed by atoms with Crippen LogP contribution in [0.25, 0.3) is 0 Å². The Kier molecular flexibility index (Phi) is 4.11. The first-order valence-electron chi connectivity index (χ1n) is 5.49. The van der Waals surface area contributed by atoms with Crippen LogP contribution < -0.4 is 11.1 Å². The van der Waals surface area contributed by atoms with E-state index in [1.807, 2.05) is 13.8 Å². The van der Waals surface area contributed by atoms with E-state index in [-0.39, 0.29) is 5.91 Å². The second-order valence-electron chi connectivity index (χ2n) is 5.03. The van der Waals surface area contributed by atoms with Crippen LogP contribution in [0.15, 0.2) is 0 Å². The molecule has 0 aromatic carbocycles. The molecule has 0 spiro atoms. The van der Waals surface area contributed by atoms with E-state index in [1.165, 1.54) is 12.8 Å². The van der Waals surface area contributed by atoms with Gasteiger partial charge in [-0.3, -0.25) is 4.79 Å². The molecular formula is C11H22N2O2. The summed E-state index contributed by atoms with van der Waals surface area (Å²) in [6, 6.07) is 0.369. The van der Waals surface area contributed by atoms with Gasteiger partial charge in [0, 0.05) is 19.7 Å². The number of carbonyl (C=O) groups excluding carboxylic acids is 1. The van der Waals surface area contributed by atoms with Gasteiger partial charge in [0.1, 0.15) is 0 Å². The number of hydrogen-bond donors (Lipinski definition) is 2. The molecule has 1 rings (SSSR count). The van der Waals surface area contributed by atoms with Gasteiger partial charge in [0.15, 0.2) is 0 Å². The van der Waals surface area contributed by atoms with Crippen LogP contribution >= 0.6 is 0 Å². The van der Waals surface area contributed by atoms with Gasteiger partial charge in [-0.25, -0.2) is 0 Å². The van der Waals surface area contributed by atoms with Crippen LogP contribution in [0.3, 0.4) is 0 Å². The molecule has 0 heterocycles. The van der Waals surface area contributed by atoms with E-state index in [9.17, 15) is 4.79 Å². The van der Waals surface area contributed by atoms with E-state index in [1.54, 1.807) is 7.11 Å². The van der Waals surface area contributed by atoms with Crippen LogP contribution in [-0.4, -0.2) is 32.2 Å². The predicted octanol–water partition coefficient (Wildman–Crippen LogP) is 0.513. The maximum atomic E-state index is 11.1. The molecule has 1 amide bonds. The van der Waals surface area contributed by atoms with Gasteiger partial charge in [0.25, 0.3) is 0 Å². The zero-order valence-corrected chi connectivity index (χ0v) is 9.88. The number of nitrogens with two attached hydrogens (primary N) is 1. The number of primary amides is 1.